The van der Waals surface area contributed by atoms with Crippen molar-refractivity contribution < 1.29 is 23.9 Å². The van der Waals surface area contributed by atoms with Gasteiger partial charge in [0.2, 0.25) is 0 Å². The van der Waals surface area contributed by atoms with Crippen molar-refractivity contribution >= 4 is 18.3 Å². The first-order chi connectivity index (χ1) is 7.72. The summed E-state index contributed by atoms with van der Waals surface area (Å²) in [6.45, 7) is 6.36. The molecule has 0 aromatic heterocycles. The van der Waals surface area contributed by atoms with Crippen LogP contribution in [0.25, 0.3) is 0 Å². The Bertz CT molecular complexity index is 295. The lowest BCUT2D eigenvalue weighted by molar-refractivity contribution is -0.146. The minimum atomic E-state index is -0.861. The number of ether oxygens (including phenoxy) is 2. The molecule has 0 bridgehead atoms. The van der Waals surface area contributed by atoms with Crippen LogP contribution >= 0.6 is 0 Å². The maximum atomic E-state index is 11.7. The van der Waals surface area contributed by atoms with Gasteiger partial charge in [0.05, 0.1) is 13.7 Å². The summed E-state index contributed by atoms with van der Waals surface area (Å²) in [6, 6.07) is -0.861. The number of carbonyl (C=O) groups excluding carboxylic acids is 3. The van der Waals surface area contributed by atoms with Crippen molar-refractivity contribution in [1.29, 1.82) is 0 Å². The molecule has 0 heterocycles. The van der Waals surface area contributed by atoms with E-state index in [0.717, 1.165) is 4.90 Å². The van der Waals surface area contributed by atoms with Crippen LogP contribution in [0.4, 0.5) is 4.79 Å². The van der Waals surface area contributed by atoms with Gasteiger partial charge >= 0.3 is 12.1 Å². The number of aldehydes is 1. The largest absolute Gasteiger partial charge is 0.467 e. The van der Waals surface area contributed by atoms with E-state index in [4.69, 9.17) is 4.74 Å². The molecule has 0 radical (unpaired) electrons. The van der Waals surface area contributed by atoms with Gasteiger partial charge in [-0.3, -0.25) is 4.90 Å². The van der Waals surface area contributed by atoms with Crippen LogP contribution < -0.4 is 0 Å². The number of carbonyl (C=O) groups is 3. The Labute approximate surface area is 101 Å². The number of amides is 1. The number of rotatable bonds is 4. The molecule has 0 unspecified atom stereocenters. The number of esters is 1. The van der Waals surface area contributed by atoms with Gasteiger partial charge < -0.3 is 14.3 Å². The molecule has 0 fully saturated rings. The fourth-order valence-corrected chi connectivity index (χ4v) is 1.09. The van der Waals surface area contributed by atoms with E-state index in [1.165, 1.54) is 14.0 Å². The fourth-order valence-electron chi connectivity index (χ4n) is 1.09. The Morgan fingerprint density at radius 3 is 2.24 bits per heavy atom. The minimum absolute atomic E-state index is 0.217. The first kappa shape index (κ1) is 15.4. The van der Waals surface area contributed by atoms with Gasteiger partial charge in [-0.05, 0) is 27.7 Å². The zero-order valence-corrected chi connectivity index (χ0v) is 10.9. The molecule has 0 saturated heterocycles. The van der Waals surface area contributed by atoms with Gasteiger partial charge in [-0.15, -0.1) is 0 Å². The molecule has 0 aliphatic heterocycles. The van der Waals surface area contributed by atoms with Crippen LogP contribution in [0.1, 0.15) is 27.7 Å². The Hall–Kier alpha value is -1.59. The van der Waals surface area contributed by atoms with Crippen LogP contribution in [0, 0.1) is 0 Å². The van der Waals surface area contributed by atoms with Crippen molar-refractivity contribution in [1.82, 2.24) is 4.90 Å². The minimum Gasteiger partial charge on any atom is -0.467 e. The molecule has 98 valence electrons. The molecule has 0 aromatic carbocycles. The van der Waals surface area contributed by atoms with Crippen molar-refractivity contribution in [2.24, 2.45) is 0 Å². The predicted molar refractivity (Wildman–Crippen MR) is 60.5 cm³/mol. The van der Waals surface area contributed by atoms with Crippen LogP contribution in [0.5, 0.6) is 0 Å². The van der Waals surface area contributed by atoms with Gasteiger partial charge in [-0.2, -0.15) is 0 Å². The molecule has 17 heavy (non-hydrogen) atoms. The second-order valence-electron chi connectivity index (χ2n) is 4.50. The molecule has 0 N–H and O–H groups in total. The van der Waals surface area contributed by atoms with E-state index in [9.17, 15) is 14.4 Å². The zero-order chi connectivity index (χ0) is 13.6. The third kappa shape index (κ3) is 5.33. The van der Waals surface area contributed by atoms with Crippen LogP contribution in [0.2, 0.25) is 0 Å². The molecular weight excluding hydrogens is 226 g/mol. The summed E-state index contributed by atoms with van der Waals surface area (Å²) in [4.78, 5) is 34.6. The van der Waals surface area contributed by atoms with Gasteiger partial charge in [0.15, 0.2) is 0 Å². The van der Waals surface area contributed by atoms with Crippen LogP contribution in [-0.2, 0) is 19.1 Å². The van der Waals surface area contributed by atoms with E-state index in [-0.39, 0.29) is 6.54 Å². The second kappa shape index (κ2) is 6.22. The molecule has 0 aliphatic rings. The molecule has 0 aromatic rings. The third-order valence-electron chi connectivity index (χ3n) is 1.91. The average molecular weight is 245 g/mol. The molecule has 1 atom stereocenters. The summed E-state index contributed by atoms with van der Waals surface area (Å²) < 4.78 is 9.60. The highest BCUT2D eigenvalue weighted by Crippen LogP contribution is 2.12. The molecule has 6 nitrogen and oxygen atoms in total. The standard InChI is InChI=1S/C11H19NO5/c1-8(9(14)16-5)12(6-7-13)10(15)17-11(2,3)4/h7-8H,6H2,1-5H3/t8-/m0/s1. The first-order valence-electron chi connectivity index (χ1n) is 5.24. The lowest BCUT2D eigenvalue weighted by Gasteiger charge is -2.28. The predicted octanol–water partition coefficient (Wildman–Crippen LogP) is 0.984. The second-order valence-corrected chi connectivity index (χ2v) is 4.50. The van der Waals surface area contributed by atoms with Crippen molar-refractivity contribution in [3.8, 4) is 0 Å². The van der Waals surface area contributed by atoms with Gasteiger partial charge in [-0.25, -0.2) is 9.59 Å². The van der Waals surface area contributed by atoms with Crippen LogP contribution in [-0.4, -0.2) is 48.5 Å². The molecule has 0 rings (SSSR count). The van der Waals surface area contributed by atoms with Gasteiger partial charge in [-0.1, -0.05) is 0 Å². The monoisotopic (exact) mass is 245 g/mol. The van der Waals surface area contributed by atoms with E-state index in [1.54, 1.807) is 20.8 Å². The highest BCUT2D eigenvalue weighted by atomic mass is 16.6. The summed E-state index contributed by atoms with van der Waals surface area (Å²) in [7, 11) is 1.22. The van der Waals surface area contributed by atoms with Crippen molar-refractivity contribution in [3.05, 3.63) is 0 Å². The van der Waals surface area contributed by atoms with Crippen LogP contribution in [0.15, 0.2) is 0 Å². The van der Waals surface area contributed by atoms with E-state index in [1.807, 2.05) is 0 Å². The summed E-state index contributed by atoms with van der Waals surface area (Å²) in [6.07, 6.45) is -0.189. The van der Waals surface area contributed by atoms with Gasteiger partial charge in [0.1, 0.15) is 17.9 Å². The third-order valence-corrected chi connectivity index (χ3v) is 1.91. The smallest absolute Gasteiger partial charge is 0.411 e. The highest BCUT2D eigenvalue weighted by Gasteiger charge is 2.30. The topological polar surface area (TPSA) is 72.9 Å². The molecule has 0 aliphatic carbocycles. The number of hydrogen-bond donors (Lipinski definition) is 0. The number of methoxy groups -OCH3 is 1. The summed E-state index contributed by atoms with van der Waals surface area (Å²) >= 11 is 0. The lowest BCUT2D eigenvalue weighted by Crippen LogP contribution is -2.46. The summed E-state index contributed by atoms with van der Waals surface area (Å²) in [5.41, 5.74) is -0.686. The normalized spacial score (nSPS) is 12.5. The van der Waals surface area contributed by atoms with Gasteiger partial charge in [0.25, 0.3) is 0 Å². The molecule has 6 heteroatoms. The SMILES string of the molecule is COC(=O)[C@H](C)N(CC=O)C(=O)OC(C)(C)C. The maximum Gasteiger partial charge on any atom is 0.411 e. The molecule has 0 saturated carbocycles. The lowest BCUT2D eigenvalue weighted by atomic mass is 10.2. The van der Waals surface area contributed by atoms with Crippen LogP contribution in [0.3, 0.4) is 0 Å². The van der Waals surface area contributed by atoms with Crippen molar-refractivity contribution in [3.63, 3.8) is 0 Å². The van der Waals surface area contributed by atoms with Crippen molar-refractivity contribution in [2.45, 2.75) is 39.3 Å². The molecule has 1 amide bonds. The first-order valence-corrected chi connectivity index (χ1v) is 5.24. The summed E-state index contributed by atoms with van der Waals surface area (Å²) in [5, 5.41) is 0. The number of hydrogen-bond acceptors (Lipinski definition) is 5. The quantitative estimate of drug-likeness (QED) is 0.545. The van der Waals surface area contributed by atoms with E-state index in [2.05, 4.69) is 4.74 Å². The molecule has 0 spiro atoms. The average Bonchev–Trinajstić information content (AvgIpc) is 2.21. The zero-order valence-electron chi connectivity index (χ0n) is 10.9. The maximum absolute atomic E-state index is 11.7. The van der Waals surface area contributed by atoms with E-state index < -0.39 is 23.7 Å². The Balaban J connectivity index is 4.78. The van der Waals surface area contributed by atoms with Gasteiger partial charge in [0, 0.05) is 0 Å². The van der Waals surface area contributed by atoms with E-state index >= 15 is 0 Å². The van der Waals surface area contributed by atoms with Crippen molar-refractivity contribution in [2.75, 3.05) is 13.7 Å². The number of nitrogens with zero attached hydrogens (tertiary/aromatic N) is 1. The Morgan fingerprint density at radius 2 is 1.88 bits per heavy atom. The highest BCUT2D eigenvalue weighted by molar-refractivity contribution is 5.82. The fraction of sp³-hybridized carbons (Fsp3) is 0.727. The Morgan fingerprint density at radius 1 is 1.35 bits per heavy atom. The molecular formula is C11H19NO5. The summed E-state index contributed by atoms with van der Waals surface area (Å²) in [5.74, 6) is -0.599. The van der Waals surface area contributed by atoms with E-state index in [0.29, 0.717) is 6.29 Å². The Kier molecular flexibility index (Phi) is 5.64.